The molecule has 0 radical (unpaired) electrons. The van der Waals surface area contributed by atoms with Crippen molar-refractivity contribution in [2.24, 2.45) is 0 Å². The minimum Gasteiger partial charge on any atom is -0.406 e. The number of nitrogens with zero attached hydrogens (tertiary/aromatic N) is 2. The number of benzene rings is 2. The maximum absolute atomic E-state index is 12.6. The Bertz CT molecular complexity index is 1030. The molecule has 1 heterocycles. The molecule has 3 N–H and O–H groups in total. The predicted octanol–water partition coefficient (Wildman–Crippen LogP) is 5.26. The number of aryl methyl sites for hydroxylation is 1. The zero-order valence-corrected chi connectivity index (χ0v) is 17.4. The number of hydrogen-bond acceptors (Lipinski definition) is 6. The van der Waals surface area contributed by atoms with Crippen LogP contribution in [0, 0.1) is 6.92 Å². The van der Waals surface area contributed by atoms with Crippen LogP contribution in [0.25, 0.3) is 11.3 Å². The Morgan fingerprint density at radius 1 is 1.10 bits per heavy atom. The van der Waals surface area contributed by atoms with E-state index >= 15 is 0 Å². The first-order chi connectivity index (χ1) is 14.2. The summed E-state index contributed by atoms with van der Waals surface area (Å²) >= 11 is 3.49. The molecule has 158 valence electrons. The Morgan fingerprint density at radius 2 is 1.90 bits per heavy atom. The fourth-order valence-corrected chi connectivity index (χ4v) is 3.21. The van der Waals surface area contributed by atoms with E-state index in [1.54, 1.807) is 12.1 Å². The lowest BCUT2D eigenvalue weighted by atomic mass is 10.1. The third kappa shape index (κ3) is 6.07. The van der Waals surface area contributed by atoms with Crippen LogP contribution in [0.2, 0.25) is 0 Å². The molecule has 0 unspecified atom stereocenters. The number of alkyl halides is 3. The second kappa shape index (κ2) is 9.31. The molecule has 0 amide bonds. The molecule has 30 heavy (non-hydrogen) atoms. The molecule has 0 bridgehead atoms. The van der Waals surface area contributed by atoms with Crippen molar-refractivity contribution in [3.05, 3.63) is 58.6 Å². The van der Waals surface area contributed by atoms with Gasteiger partial charge in [-0.2, -0.15) is 4.98 Å². The Labute approximate surface area is 179 Å². The zero-order chi connectivity index (χ0) is 21.7. The summed E-state index contributed by atoms with van der Waals surface area (Å²) in [6.45, 7) is 2.05. The summed E-state index contributed by atoms with van der Waals surface area (Å²) in [5, 5.41) is 15.1. The molecule has 6 nitrogen and oxygen atoms in total. The summed E-state index contributed by atoms with van der Waals surface area (Å²) in [5.74, 6) is 0.292. The molecule has 0 spiro atoms. The molecule has 3 rings (SSSR count). The van der Waals surface area contributed by atoms with Crippen LogP contribution < -0.4 is 15.4 Å². The van der Waals surface area contributed by atoms with Crippen molar-refractivity contribution in [1.29, 1.82) is 0 Å². The maximum atomic E-state index is 12.6. The molecule has 1 aromatic heterocycles. The lowest BCUT2D eigenvalue weighted by molar-refractivity contribution is -0.274. The number of aliphatic hydroxyl groups is 1. The molecular formula is C20H18BrF3N4O2. The van der Waals surface area contributed by atoms with Gasteiger partial charge in [0.1, 0.15) is 11.6 Å². The van der Waals surface area contributed by atoms with Gasteiger partial charge in [-0.15, -0.1) is 13.2 Å². The first-order valence-electron chi connectivity index (χ1n) is 8.87. The standard InChI is InChI=1S/C20H18BrF3N4O2/c1-12-5-6-16(15(21)9-12)26-18-11-17(27-19(28-18)25-7-8-29)13-3-2-4-14(10-13)30-20(22,23)24/h2-6,9-11,29H,7-8H2,1H3,(H2,25,26,27,28). The summed E-state index contributed by atoms with van der Waals surface area (Å²) < 4.78 is 42.5. The van der Waals surface area contributed by atoms with Gasteiger partial charge in [-0.25, -0.2) is 4.98 Å². The van der Waals surface area contributed by atoms with Crippen LogP contribution in [0.15, 0.2) is 53.0 Å². The normalized spacial score (nSPS) is 11.3. The van der Waals surface area contributed by atoms with Gasteiger partial charge in [-0.3, -0.25) is 0 Å². The molecule has 0 fully saturated rings. The molecule has 0 saturated heterocycles. The second-order valence-electron chi connectivity index (χ2n) is 6.30. The van der Waals surface area contributed by atoms with Crippen LogP contribution >= 0.6 is 15.9 Å². The molecule has 0 saturated carbocycles. The highest BCUT2D eigenvalue weighted by Gasteiger charge is 2.31. The largest absolute Gasteiger partial charge is 0.573 e. The number of aliphatic hydroxyl groups excluding tert-OH is 1. The summed E-state index contributed by atoms with van der Waals surface area (Å²) in [6, 6.07) is 12.9. The fourth-order valence-electron chi connectivity index (χ4n) is 2.62. The number of rotatable bonds is 7. The molecule has 2 aromatic carbocycles. The molecule has 0 atom stereocenters. The number of nitrogens with one attached hydrogen (secondary N) is 2. The third-order valence-corrected chi connectivity index (χ3v) is 4.53. The minimum atomic E-state index is -4.79. The minimum absolute atomic E-state index is 0.130. The van der Waals surface area contributed by atoms with E-state index in [4.69, 9.17) is 5.11 Å². The zero-order valence-electron chi connectivity index (χ0n) is 15.8. The van der Waals surface area contributed by atoms with Gasteiger partial charge in [0.25, 0.3) is 0 Å². The summed E-state index contributed by atoms with van der Waals surface area (Å²) in [5.41, 5.74) is 2.62. The molecule has 0 aliphatic rings. The Kier molecular flexibility index (Phi) is 6.78. The van der Waals surface area contributed by atoms with E-state index in [2.05, 4.69) is 41.3 Å². The van der Waals surface area contributed by atoms with Gasteiger partial charge in [0.15, 0.2) is 0 Å². The van der Waals surface area contributed by atoms with E-state index in [-0.39, 0.29) is 24.8 Å². The smallest absolute Gasteiger partial charge is 0.406 e. The first-order valence-corrected chi connectivity index (χ1v) is 9.66. The van der Waals surface area contributed by atoms with Crippen molar-refractivity contribution in [3.8, 4) is 17.0 Å². The highest BCUT2D eigenvalue weighted by molar-refractivity contribution is 9.10. The molecule has 3 aromatic rings. The average Bonchev–Trinajstić information content (AvgIpc) is 2.67. The highest BCUT2D eigenvalue weighted by atomic mass is 79.9. The van der Waals surface area contributed by atoms with Gasteiger partial charge in [-0.05, 0) is 52.7 Å². The molecule has 0 aliphatic heterocycles. The topological polar surface area (TPSA) is 79.3 Å². The lowest BCUT2D eigenvalue weighted by Crippen LogP contribution is -2.17. The maximum Gasteiger partial charge on any atom is 0.573 e. The van der Waals surface area contributed by atoms with Crippen LogP contribution in [0.3, 0.4) is 0 Å². The molecule has 0 aliphatic carbocycles. The van der Waals surface area contributed by atoms with E-state index in [9.17, 15) is 13.2 Å². The highest BCUT2D eigenvalue weighted by Crippen LogP contribution is 2.31. The van der Waals surface area contributed by atoms with Crippen LogP contribution in [-0.4, -0.2) is 34.6 Å². The van der Waals surface area contributed by atoms with Gasteiger partial charge in [-0.1, -0.05) is 18.2 Å². The van der Waals surface area contributed by atoms with Gasteiger partial charge < -0.3 is 20.5 Å². The number of halogens is 4. The second-order valence-corrected chi connectivity index (χ2v) is 7.15. The van der Waals surface area contributed by atoms with E-state index in [1.807, 2.05) is 25.1 Å². The SMILES string of the molecule is Cc1ccc(Nc2cc(-c3cccc(OC(F)(F)F)c3)nc(NCCO)n2)c(Br)c1. The molecule has 10 heteroatoms. The fraction of sp³-hybridized carbons (Fsp3) is 0.200. The number of aromatic nitrogens is 2. The van der Waals surface area contributed by atoms with Crippen LogP contribution in [-0.2, 0) is 0 Å². The van der Waals surface area contributed by atoms with Crippen molar-refractivity contribution >= 4 is 33.4 Å². The number of ether oxygens (including phenoxy) is 1. The van der Waals surface area contributed by atoms with Crippen molar-refractivity contribution in [2.45, 2.75) is 13.3 Å². The molecular weight excluding hydrogens is 465 g/mol. The first kappa shape index (κ1) is 21.8. The van der Waals surface area contributed by atoms with E-state index < -0.39 is 6.36 Å². The average molecular weight is 483 g/mol. The van der Waals surface area contributed by atoms with Crippen LogP contribution in [0.4, 0.5) is 30.6 Å². The Morgan fingerprint density at radius 3 is 2.60 bits per heavy atom. The van der Waals surface area contributed by atoms with E-state index in [0.29, 0.717) is 17.1 Å². The number of anilines is 3. The van der Waals surface area contributed by atoms with Crippen LogP contribution in [0.5, 0.6) is 5.75 Å². The van der Waals surface area contributed by atoms with Crippen molar-refractivity contribution < 1.29 is 23.0 Å². The van der Waals surface area contributed by atoms with E-state index in [1.165, 1.54) is 18.2 Å². The quantitative estimate of drug-likeness (QED) is 0.426. The monoisotopic (exact) mass is 482 g/mol. The summed E-state index contributed by atoms with van der Waals surface area (Å²) in [4.78, 5) is 8.70. The van der Waals surface area contributed by atoms with Gasteiger partial charge in [0, 0.05) is 22.6 Å². The van der Waals surface area contributed by atoms with Crippen molar-refractivity contribution in [1.82, 2.24) is 9.97 Å². The Hall–Kier alpha value is -2.85. The van der Waals surface area contributed by atoms with Gasteiger partial charge >= 0.3 is 6.36 Å². The van der Waals surface area contributed by atoms with Crippen LogP contribution in [0.1, 0.15) is 5.56 Å². The van der Waals surface area contributed by atoms with E-state index in [0.717, 1.165) is 15.7 Å². The van der Waals surface area contributed by atoms with Crippen molar-refractivity contribution in [2.75, 3.05) is 23.8 Å². The summed E-state index contributed by atoms with van der Waals surface area (Å²) in [6.07, 6.45) is -4.79. The van der Waals surface area contributed by atoms with Gasteiger partial charge in [0.2, 0.25) is 5.95 Å². The van der Waals surface area contributed by atoms with Crippen molar-refractivity contribution in [3.63, 3.8) is 0 Å². The summed E-state index contributed by atoms with van der Waals surface area (Å²) in [7, 11) is 0. The lowest BCUT2D eigenvalue weighted by Gasteiger charge is -2.13. The third-order valence-electron chi connectivity index (χ3n) is 3.87. The predicted molar refractivity (Wildman–Crippen MR) is 112 cm³/mol. The Balaban J connectivity index is 1.97. The van der Waals surface area contributed by atoms with Gasteiger partial charge in [0.05, 0.1) is 18.0 Å². The number of hydrogen-bond donors (Lipinski definition) is 3.